The molecule has 12 heteroatoms. The van der Waals surface area contributed by atoms with Crippen LogP contribution in [0.4, 0.5) is 0 Å². The number of nitrogens with one attached hydrogen (secondary N) is 1. The number of aliphatic hydroxyl groups excluding tert-OH is 1. The van der Waals surface area contributed by atoms with E-state index in [1.54, 1.807) is 24.3 Å². The predicted molar refractivity (Wildman–Crippen MR) is 111 cm³/mol. The van der Waals surface area contributed by atoms with Crippen molar-refractivity contribution in [3.63, 3.8) is 0 Å². The minimum atomic E-state index is -3.01. The van der Waals surface area contributed by atoms with Crippen LogP contribution in [0.5, 0.6) is 23.0 Å². The second-order valence-electron chi connectivity index (χ2n) is 7.79. The first-order valence-corrected chi connectivity index (χ1v) is 10.2. The molecule has 0 saturated carbocycles. The fraction of sp³-hybridized carbons (Fsp3) is 0.391. The van der Waals surface area contributed by atoms with E-state index in [2.05, 4.69) is 5.32 Å². The van der Waals surface area contributed by atoms with Gasteiger partial charge in [0.2, 0.25) is 0 Å². The first-order chi connectivity index (χ1) is 15.6. The van der Waals surface area contributed by atoms with Crippen molar-refractivity contribution in [2.24, 2.45) is 0 Å². The van der Waals surface area contributed by atoms with Crippen LogP contribution in [-0.4, -0.2) is 49.1 Å². The van der Waals surface area contributed by atoms with Crippen molar-refractivity contribution >= 4 is 11.9 Å². The Balaban J connectivity index is 0.00000306. The van der Waals surface area contributed by atoms with E-state index in [0.717, 1.165) is 5.56 Å². The fourth-order valence-corrected chi connectivity index (χ4v) is 3.72. The van der Waals surface area contributed by atoms with Crippen LogP contribution in [0.2, 0.25) is 0 Å². The zero-order valence-corrected chi connectivity index (χ0v) is 24.6. The number of hydrogen-bond donors (Lipinski definition) is 2. The molecule has 3 atom stereocenters. The van der Waals surface area contributed by atoms with Gasteiger partial charge in [0.1, 0.15) is 23.4 Å². The smallest absolute Gasteiger partial charge is 0.542 e. The Morgan fingerprint density at radius 1 is 1.00 bits per heavy atom. The molecule has 35 heavy (non-hydrogen) atoms. The van der Waals surface area contributed by atoms with E-state index >= 15 is 0 Å². The Hall–Kier alpha value is -1.50. The van der Waals surface area contributed by atoms with Crippen LogP contribution in [0.1, 0.15) is 31.1 Å². The minimum Gasteiger partial charge on any atom is -0.542 e. The molecule has 3 rings (SSSR count). The van der Waals surface area contributed by atoms with Gasteiger partial charge in [0, 0.05) is 17.6 Å². The third kappa shape index (κ3) is 6.84. The van der Waals surface area contributed by atoms with Crippen molar-refractivity contribution in [2.75, 3.05) is 14.2 Å². The van der Waals surface area contributed by atoms with Crippen LogP contribution in [-0.2, 0) is 16.0 Å². The maximum Gasteiger partial charge on any atom is 1.00 e. The molecule has 1 aliphatic heterocycles. The summed E-state index contributed by atoms with van der Waals surface area (Å²) in [7, 11) is 3.06. The Kier molecular flexibility index (Phi) is 11.9. The largest absolute Gasteiger partial charge is 1.00 e. The van der Waals surface area contributed by atoms with E-state index in [-0.39, 0.29) is 82.7 Å². The summed E-state index contributed by atoms with van der Waals surface area (Å²) in [4.78, 5) is 22.5. The second kappa shape index (κ2) is 13.2. The van der Waals surface area contributed by atoms with Crippen LogP contribution >= 0.6 is 0 Å². The molecular weight excluding hydrogens is 480 g/mol. The van der Waals surface area contributed by atoms with Crippen LogP contribution in [0.3, 0.4) is 0 Å². The Bertz CT molecular complexity index is 1040. The molecule has 0 bridgehead atoms. The maximum atomic E-state index is 11.3. The molecular formula is C23H25NNa2O9. The molecule has 2 N–H and O–H groups in total. The number of benzene rings is 2. The number of carboxylic acid groups (broad SMARTS) is 2. The van der Waals surface area contributed by atoms with E-state index in [1.807, 2.05) is 13.8 Å². The van der Waals surface area contributed by atoms with Crippen molar-refractivity contribution in [2.45, 2.75) is 44.2 Å². The summed E-state index contributed by atoms with van der Waals surface area (Å²) in [6, 6.07) is 9.26. The van der Waals surface area contributed by atoms with Gasteiger partial charge in [-0.15, -0.1) is 0 Å². The third-order valence-corrected chi connectivity index (χ3v) is 5.37. The number of methoxy groups -OCH3 is 2. The van der Waals surface area contributed by atoms with Gasteiger partial charge in [0.25, 0.3) is 0 Å². The first-order valence-electron chi connectivity index (χ1n) is 10.2. The normalized spacial score (nSPS) is 15.6. The van der Waals surface area contributed by atoms with Crippen LogP contribution in [0.15, 0.2) is 36.4 Å². The Morgan fingerprint density at radius 3 is 2.20 bits per heavy atom. The number of hydrogen-bond acceptors (Lipinski definition) is 10. The van der Waals surface area contributed by atoms with E-state index in [4.69, 9.17) is 18.9 Å². The summed E-state index contributed by atoms with van der Waals surface area (Å²) >= 11 is 0. The minimum absolute atomic E-state index is 0. The third-order valence-electron chi connectivity index (χ3n) is 5.37. The quantitative estimate of drug-likeness (QED) is 0.236. The van der Waals surface area contributed by atoms with Gasteiger partial charge in [-0.05, 0) is 56.2 Å². The number of carboxylic acids is 2. The van der Waals surface area contributed by atoms with Gasteiger partial charge in [-0.3, -0.25) is 0 Å². The molecule has 2 aromatic carbocycles. The summed E-state index contributed by atoms with van der Waals surface area (Å²) in [5, 5.41) is 36.7. The van der Waals surface area contributed by atoms with Crippen LogP contribution in [0.25, 0.3) is 0 Å². The van der Waals surface area contributed by atoms with Crippen molar-refractivity contribution in [3.8, 4) is 23.0 Å². The fourth-order valence-electron chi connectivity index (χ4n) is 3.72. The number of ether oxygens (including phenoxy) is 4. The summed E-state index contributed by atoms with van der Waals surface area (Å²) in [5.41, 5.74) is 1.30. The average molecular weight is 505 g/mol. The van der Waals surface area contributed by atoms with Gasteiger partial charge in [-0.1, -0.05) is 6.07 Å². The van der Waals surface area contributed by atoms with Gasteiger partial charge in [0.15, 0.2) is 11.5 Å². The Morgan fingerprint density at radius 2 is 1.63 bits per heavy atom. The van der Waals surface area contributed by atoms with Gasteiger partial charge in [-0.25, -0.2) is 0 Å². The molecule has 0 saturated heterocycles. The van der Waals surface area contributed by atoms with E-state index in [1.165, 1.54) is 26.4 Å². The van der Waals surface area contributed by atoms with Crippen molar-refractivity contribution in [3.05, 3.63) is 47.5 Å². The average Bonchev–Trinajstić information content (AvgIpc) is 3.18. The summed E-state index contributed by atoms with van der Waals surface area (Å²) < 4.78 is 20.6. The molecule has 2 aromatic rings. The monoisotopic (exact) mass is 505 g/mol. The summed E-state index contributed by atoms with van der Waals surface area (Å²) in [6.45, 7) is 3.73. The second-order valence-corrected chi connectivity index (χ2v) is 7.79. The zero-order chi connectivity index (χ0) is 24.3. The standard InChI is InChI=1S/C23H27NO9.2Na/c1-12(24-13(2)20(25)16-11-15(30-3)6-8-17(16)31-4)9-14-5-7-18-19(10-14)33-23(32-18,21(26)27)22(28)29;;/h5-8,10-13,20,24-25H,9H2,1-4H3,(H,26,27)(H,28,29);;/q;2*+1/p-2. The molecule has 0 amide bonds. The van der Waals surface area contributed by atoms with Crippen molar-refractivity contribution in [1.29, 1.82) is 0 Å². The molecule has 178 valence electrons. The zero-order valence-electron chi connectivity index (χ0n) is 20.6. The van der Waals surface area contributed by atoms with Gasteiger partial charge in [-0.2, -0.15) is 0 Å². The predicted octanol–water partition coefficient (Wildman–Crippen LogP) is -6.68. The van der Waals surface area contributed by atoms with Gasteiger partial charge < -0.3 is 49.2 Å². The number of fused-ring (bicyclic) bond motifs is 1. The SMILES string of the molecule is COc1ccc(OC)c(C(O)C(C)NC(C)Cc2ccc3c(c2)OC(C(=O)[O-])(C(=O)[O-])O3)c1.[Na+].[Na+]. The summed E-state index contributed by atoms with van der Waals surface area (Å²) in [5.74, 6) is -6.10. The van der Waals surface area contributed by atoms with Crippen LogP contribution in [0, 0.1) is 0 Å². The van der Waals surface area contributed by atoms with Gasteiger partial charge in [0.05, 0.1) is 20.3 Å². The number of carbonyl (C=O) groups excluding carboxylic acids is 2. The van der Waals surface area contributed by atoms with Crippen LogP contribution < -0.4 is 93.6 Å². The van der Waals surface area contributed by atoms with Crippen molar-refractivity contribution < 1.29 is 103 Å². The molecule has 3 unspecified atom stereocenters. The number of rotatable bonds is 10. The molecule has 0 radical (unpaired) electrons. The number of carbonyl (C=O) groups is 2. The topological polar surface area (TPSA) is 149 Å². The first kappa shape index (κ1) is 31.5. The van der Waals surface area contributed by atoms with E-state index in [9.17, 15) is 24.9 Å². The molecule has 0 aromatic heterocycles. The number of aliphatic carboxylic acids is 2. The molecule has 0 spiro atoms. The molecule has 0 fully saturated rings. The van der Waals surface area contributed by atoms with Gasteiger partial charge >= 0.3 is 64.9 Å². The van der Waals surface area contributed by atoms with E-state index < -0.39 is 23.8 Å². The number of aliphatic hydroxyl groups is 1. The van der Waals surface area contributed by atoms with Crippen molar-refractivity contribution in [1.82, 2.24) is 5.32 Å². The molecule has 10 nitrogen and oxygen atoms in total. The molecule has 1 aliphatic rings. The molecule has 1 heterocycles. The maximum absolute atomic E-state index is 11.3. The summed E-state index contributed by atoms with van der Waals surface area (Å²) in [6.07, 6.45) is -0.423. The van der Waals surface area contributed by atoms with E-state index in [0.29, 0.717) is 23.5 Å². The Labute approximate surface area is 247 Å². The molecule has 0 aliphatic carbocycles.